The van der Waals surface area contributed by atoms with E-state index in [9.17, 15) is 5.26 Å². The fraction of sp³-hybridized carbons (Fsp3) is 0.0714. The summed E-state index contributed by atoms with van der Waals surface area (Å²) in [5, 5.41) is 27.0. The van der Waals surface area contributed by atoms with Gasteiger partial charge in [-0.05, 0) is 24.6 Å². The van der Waals surface area contributed by atoms with E-state index in [2.05, 4.69) is 0 Å². The van der Waals surface area contributed by atoms with Crippen LogP contribution in [0.3, 0.4) is 0 Å². The van der Waals surface area contributed by atoms with Gasteiger partial charge in [0.1, 0.15) is 23.8 Å². The molecule has 0 N–H and O–H groups in total. The lowest BCUT2D eigenvalue weighted by Gasteiger charge is -1.99. The molecule has 2 heterocycles. The minimum absolute atomic E-state index is 0.131. The highest BCUT2D eigenvalue weighted by Crippen LogP contribution is 2.27. The number of nitrogens with zero attached hydrogens (tertiary/aromatic N) is 4. The first-order chi connectivity index (χ1) is 8.72. The average Bonchev–Trinajstić information content (AvgIpc) is 2.72. The molecular weight excluding hydrogens is 224 g/mol. The number of fused-ring (bicyclic) bond motifs is 1. The summed E-state index contributed by atoms with van der Waals surface area (Å²) in [4.78, 5) is 0. The Labute approximate surface area is 104 Å². The molecule has 0 aliphatic carbocycles. The third-order valence-corrected chi connectivity index (χ3v) is 2.71. The number of aryl methyl sites for hydroxylation is 1. The number of hydrogen-bond donors (Lipinski definition) is 0. The van der Waals surface area contributed by atoms with Gasteiger partial charge in [-0.1, -0.05) is 6.07 Å². The fourth-order valence-electron chi connectivity index (χ4n) is 1.95. The first kappa shape index (κ1) is 11.5. The normalized spacial score (nSPS) is 9.22. The maximum Gasteiger partial charge on any atom is 0.148 e. The highest BCUT2D eigenvalue weighted by Gasteiger charge is 2.16. The zero-order chi connectivity index (χ0) is 13.1. The topological polar surface area (TPSA) is 75.8 Å². The lowest BCUT2D eigenvalue weighted by atomic mass is 10.00. The summed E-state index contributed by atoms with van der Waals surface area (Å²) in [6, 6.07) is 11.1. The maximum atomic E-state index is 9.20. The van der Waals surface area contributed by atoms with E-state index in [4.69, 9.17) is 10.5 Å². The molecule has 4 nitrogen and oxygen atoms in total. The van der Waals surface area contributed by atoms with Crippen molar-refractivity contribution in [2.24, 2.45) is 0 Å². The van der Waals surface area contributed by atoms with Crippen LogP contribution in [0.4, 0.5) is 0 Å². The molecular formula is C14H8N4. The van der Waals surface area contributed by atoms with E-state index >= 15 is 0 Å². The Morgan fingerprint density at radius 3 is 2.44 bits per heavy atom. The van der Waals surface area contributed by atoms with Gasteiger partial charge in [-0.25, -0.2) is 0 Å². The number of allylic oxidation sites excluding steroid dienone is 2. The molecule has 0 bridgehead atoms. The van der Waals surface area contributed by atoms with Gasteiger partial charge in [0.25, 0.3) is 0 Å². The van der Waals surface area contributed by atoms with Crippen molar-refractivity contribution in [2.75, 3.05) is 0 Å². The number of rotatable bonds is 1. The Hall–Kier alpha value is -3.03. The smallest absolute Gasteiger partial charge is 0.148 e. The Balaban J connectivity index is 2.89. The predicted molar refractivity (Wildman–Crippen MR) is 65.9 cm³/mol. The molecule has 4 heteroatoms. The molecule has 2 aromatic heterocycles. The van der Waals surface area contributed by atoms with Crippen LogP contribution in [0.1, 0.15) is 11.1 Å². The molecule has 0 spiro atoms. The molecule has 0 aliphatic heterocycles. The van der Waals surface area contributed by atoms with Crippen molar-refractivity contribution in [2.45, 2.75) is 6.92 Å². The van der Waals surface area contributed by atoms with Crippen LogP contribution in [0.15, 0.2) is 36.2 Å². The van der Waals surface area contributed by atoms with Crippen LogP contribution in [0.5, 0.6) is 0 Å². The highest BCUT2D eigenvalue weighted by atomic mass is 14.9. The van der Waals surface area contributed by atoms with Gasteiger partial charge in [0, 0.05) is 18.0 Å². The zero-order valence-corrected chi connectivity index (χ0v) is 9.68. The van der Waals surface area contributed by atoms with Crippen LogP contribution in [0, 0.1) is 40.9 Å². The van der Waals surface area contributed by atoms with Crippen molar-refractivity contribution < 1.29 is 0 Å². The molecule has 0 saturated carbocycles. The molecule has 0 atom stereocenters. The third kappa shape index (κ3) is 1.61. The van der Waals surface area contributed by atoms with Crippen LogP contribution in [-0.4, -0.2) is 4.40 Å². The molecule has 0 amide bonds. The van der Waals surface area contributed by atoms with Crippen LogP contribution in [-0.2, 0) is 0 Å². The van der Waals surface area contributed by atoms with Crippen LogP contribution in [0.25, 0.3) is 11.1 Å². The monoisotopic (exact) mass is 232 g/mol. The lowest BCUT2D eigenvalue weighted by molar-refractivity contribution is 1.19. The van der Waals surface area contributed by atoms with Gasteiger partial charge in [-0.3, -0.25) is 0 Å². The second-order valence-electron chi connectivity index (χ2n) is 3.77. The molecule has 2 rings (SSSR count). The first-order valence-electron chi connectivity index (χ1n) is 5.24. The summed E-state index contributed by atoms with van der Waals surface area (Å²) in [5.74, 6) is 0. The zero-order valence-electron chi connectivity index (χ0n) is 9.68. The molecule has 0 unspecified atom stereocenters. The summed E-state index contributed by atoms with van der Waals surface area (Å²) >= 11 is 0. The molecule has 0 saturated heterocycles. The maximum absolute atomic E-state index is 9.20. The van der Waals surface area contributed by atoms with E-state index in [-0.39, 0.29) is 11.1 Å². The van der Waals surface area contributed by atoms with Crippen molar-refractivity contribution >= 4 is 11.1 Å². The number of aromatic nitrogens is 1. The van der Waals surface area contributed by atoms with Crippen LogP contribution >= 0.6 is 0 Å². The highest BCUT2D eigenvalue weighted by molar-refractivity contribution is 5.92. The van der Waals surface area contributed by atoms with Gasteiger partial charge in [-0.15, -0.1) is 0 Å². The summed E-state index contributed by atoms with van der Waals surface area (Å²) in [5.41, 5.74) is 2.30. The first-order valence-corrected chi connectivity index (χ1v) is 5.24. The van der Waals surface area contributed by atoms with Gasteiger partial charge in [0.15, 0.2) is 0 Å². The Morgan fingerprint density at radius 2 is 1.83 bits per heavy atom. The van der Waals surface area contributed by atoms with E-state index < -0.39 is 0 Å². The molecule has 2 aromatic rings. The quantitative estimate of drug-likeness (QED) is 0.709. The van der Waals surface area contributed by atoms with E-state index in [1.165, 1.54) is 0 Å². The molecule has 0 fully saturated rings. The minimum atomic E-state index is -0.155. The summed E-state index contributed by atoms with van der Waals surface area (Å²) < 4.78 is 1.87. The van der Waals surface area contributed by atoms with Gasteiger partial charge >= 0.3 is 0 Å². The largest absolute Gasteiger partial charge is 0.323 e. The number of hydrogen-bond acceptors (Lipinski definition) is 3. The van der Waals surface area contributed by atoms with E-state index in [1.807, 2.05) is 48.0 Å². The van der Waals surface area contributed by atoms with Gasteiger partial charge < -0.3 is 4.40 Å². The van der Waals surface area contributed by atoms with Crippen LogP contribution in [0.2, 0.25) is 0 Å². The second-order valence-corrected chi connectivity index (χ2v) is 3.77. The molecule has 84 valence electrons. The van der Waals surface area contributed by atoms with E-state index in [1.54, 1.807) is 12.1 Å². The molecule has 0 radical (unpaired) electrons. The molecule has 0 aliphatic rings. The van der Waals surface area contributed by atoms with Gasteiger partial charge in [0.05, 0.1) is 11.1 Å². The SMILES string of the molecule is Cc1cn2ccccc2c1C(C#N)=C(C#N)C#N. The Bertz CT molecular complexity index is 757. The standard InChI is InChI=1S/C14H8N4/c1-10-9-18-5-3-2-4-13(18)14(10)12(8-17)11(6-15)7-16/h2-5,9H,1H3. The van der Waals surface area contributed by atoms with Gasteiger partial charge in [-0.2, -0.15) is 15.8 Å². The Morgan fingerprint density at radius 1 is 1.11 bits per heavy atom. The van der Waals surface area contributed by atoms with E-state index in [0.29, 0.717) is 5.56 Å². The minimum Gasteiger partial charge on any atom is -0.323 e. The molecule has 18 heavy (non-hydrogen) atoms. The molecule has 0 aromatic carbocycles. The van der Waals surface area contributed by atoms with Crippen molar-refractivity contribution in [1.29, 1.82) is 15.8 Å². The number of nitriles is 3. The second kappa shape index (κ2) is 4.45. The predicted octanol–water partition coefficient (Wildman–Crippen LogP) is 2.57. The van der Waals surface area contributed by atoms with Crippen molar-refractivity contribution in [3.05, 3.63) is 47.3 Å². The van der Waals surface area contributed by atoms with Crippen molar-refractivity contribution in [1.82, 2.24) is 4.40 Å². The average molecular weight is 232 g/mol. The summed E-state index contributed by atoms with van der Waals surface area (Å²) in [6.07, 6.45) is 3.73. The fourth-order valence-corrected chi connectivity index (χ4v) is 1.95. The summed E-state index contributed by atoms with van der Waals surface area (Å²) in [6.45, 7) is 1.85. The van der Waals surface area contributed by atoms with Gasteiger partial charge in [0.2, 0.25) is 0 Å². The van der Waals surface area contributed by atoms with E-state index in [0.717, 1.165) is 11.1 Å². The lowest BCUT2D eigenvalue weighted by Crippen LogP contribution is -1.89. The number of pyridine rings is 1. The van der Waals surface area contributed by atoms with Crippen LogP contribution < -0.4 is 0 Å². The van der Waals surface area contributed by atoms with Crippen molar-refractivity contribution in [3.63, 3.8) is 0 Å². The Kier molecular flexibility index (Phi) is 2.83. The van der Waals surface area contributed by atoms with Crippen molar-refractivity contribution in [3.8, 4) is 18.2 Å². The summed E-state index contributed by atoms with van der Waals surface area (Å²) in [7, 11) is 0. The third-order valence-electron chi connectivity index (χ3n) is 2.71.